The van der Waals surface area contributed by atoms with Crippen molar-refractivity contribution in [1.82, 2.24) is 4.90 Å². The van der Waals surface area contributed by atoms with Crippen molar-refractivity contribution in [3.63, 3.8) is 0 Å². The van der Waals surface area contributed by atoms with Gasteiger partial charge in [-0.05, 0) is 67.5 Å². The second-order valence-corrected chi connectivity index (χ2v) is 8.69. The molecule has 1 saturated heterocycles. The number of rotatable bonds is 8. The number of β-amino-alcohol motifs (C(OH)–C–C–N with tert-alkyl or cyclic N) is 1. The number of hydrogen-bond donors (Lipinski definition) is 1. The Morgan fingerprint density at radius 2 is 2.08 bits per heavy atom. The fraction of sp³-hybridized carbons (Fsp3) is 0.900. The van der Waals surface area contributed by atoms with Gasteiger partial charge in [0, 0.05) is 20.3 Å². The van der Waals surface area contributed by atoms with Crippen molar-refractivity contribution in [3.8, 4) is 0 Å². The van der Waals surface area contributed by atoms with Crippen molar-refractivity contribution in [2.75, 3.05) is 46.6 Å². The van der Waals surface area contributed by atoms with Gasteiger partial charge in [-0.2, -0.15) is 0 Å². The first kappa shape index (κ1) is 18.4. The molecule has 3 unspecified atom stereocenters. The van der Waals surface area contributed by atoms with E-state index in [0.29, 0.717) is 30.5 Å². The highest BCUT2D eigenvalue weighted by molar-refractivity contribution is 5.23. The normalized spacial score (nSPS) is 31.4. The first-order valence-electron chi connectivity index (χ1n) is 9.66. The Labute approximate surface area is 147 Å². The zero-order chi connectivity index (χ0) is 17.2. The Kier molecular flexibility index (Phi) is 6.02. The van der Waals surface area contributed by atoms with Crippen LogP contribution in [0.25, 0.3) is 0 Å². The van der Waals surface area contributed by atoms with Gasteiger partial charge in [-0.1, -0.05) is 19.9 Å². The molecule has 0 spiro atoms. The van der Waals surface area contributed by atoms with E-state index in [1.54, 1.807) is 7.11 Å². The molecule has 0 aromatic heterocycles. The summed E-state index contributed by atoms with van der Waals surface area (Å²) in [5.41, 5.74) is 1.92. The third-order valence-corrected chi connectivity index (χ3v) is 6.74. The van der Waals surface area contributed by atoms with Gasteiger partial charge in [-0.3, -0.25) is 0 Å². The number of aliphatic hydroxyl groups is 1. The van der Waals surface area contributed by atoms with Crippen LogP contribution in [0.2, 0.25) is 0 Å². The van der Waals surface area contributed by atoms with Crippen LogP contribution in [0.3, 0.4) is 0 Å². The number of fused-ring (bicyclic) bond motifs is 1. The number of piperidine rings is 1. The third kappa shape index (κ3) is 4.04. The zero-order valence-corrected chi connectivity index (χ0v) is 15.7. The van der Waals surface area contributed by atoms with E-state index in [9.17, 15) is 5.11 Å². The standard InChI is InChI=1S/C20H35NO3/c1-20(2)17-5-4-16(19(20)10-17)13-24-14-18(22)11-21-8-6-15(7-9-21)12-23-3/h4,15,17-19,22H,5-14H2,1-3H3. The SMILES string of the molecule is COCC1CCN(CC(O)COCC2=CCC3CC2C3(C)C)CC1. The summed E-state index contributed by atoms with van der Waals surface area (Å²) in [6.45, 7) is 9.66. The summed E-state index contributed by atoms with van der Waals surface area (Å²) in [5, 5.41) is 10.3. The minimum Gasteiger partial charge on any atom is -0.389 e. The molecule has 1 heterocycles. The number of aliphatic hydroxyl groups excluding tert-OH is 1. The molecular weight excluding hydrogens is 302 g/mol. The van der Waals surface area contributed by atoms with E-state index in [2.05, 4.69) is 24.8 Å². The molecule has 4 heteroatoms. The van der Waals surface area contributed by atoms with Crippen LogP contribution in [0.4, 0.5) is 0 Å². The maximum absolute atomic E-state index is 10.3. The van der Waals surface area contributed by atoms with Crippen molar-refractivity contribution < 1.29 is 14.6 Å². The van der Waals surface area contributed by atoms with E-state index in [4.69, 9.17) is 9.47 Å². The van der Waals surface area contributed by atoms with Crippen LogP contribution in [0, 0.1) is 23.2 Å². The molecule has 3 aliphatic carbocycles. The second-order valence-electron chi connectivity index (χ2n) is 8.69. The van der Waals surface area contributed by atoms with Gasteiger partial charge in [0.25, 0.3) is 0 Å². The molecule has 0 amide bonds. The molecule has 1 aliphatic heterocycles. The van der Waals surface area contributed by atoms with Gasteiger partial charge in [0.05, 0.1) is 19.3 Å². The maximum Gasteiger partial charge on any atom is 0.0900 e. The molecule has 0 aromatic carbocycles. The number of nitrogens with zero attached hydrogens (tertiary/aromatic N) is 1. The Morgan fingerprint density at radius 1 is 1.33 bits per heavy atom. The van der Waals surface area contributed by atoms with Crippen molar-refractivity contribution in [3.05, 3.63) is 11.6 Å². The quantitative estimate of drug-likeness (QED) is 0.692. The number of allylic oxidation sites excluding steroid dienone is 1. The summed E-state index contributed by atoms with van der Waals surface area (Å²) < 4.78 is 11.1. The van der Waals surface area contributed by atoms with Crippen molar-refractivity contribution in [1.29, 1.82) is 0 Å². The minimum atomic E-state index is -0.379. The number of ether oxygens (including phenoxy) is 2. The maximum atomic E-state index is 10.3. The van der Waals surface area contributed by atoms with Crippen LogP contribution in [-0.4, -0.2) is 62.7 Å². The molecule has 24 heavy (non-hydrogen) atoms. The topological polar surface area (TPSA) is 41.9 Å². The molecule has 4 rings (SSSR count). The van der Waals surface area contributed by atoms with Crippen LogP contribution in [0.5, 0.6) is 0 Å². The van der Waals surface area contributed by atoms with Gasteiger partial charge in [0.15, 0.2) is 0 Å². The lowest BCUT2D eigenvalue weighted by Crippen LogP contribution is -2.48. The van der Waals surface area contributed by atoms with Gasteiger partial charge < -0.3 is 19.5 Å². The number of methoxy groups -OCH3 is 1. The lowest BCUT2D eigenvalue weighted by Gasteiger charge is -2.56. The highest BCUT2D eigenvalue weighted by Gasteiger charge is 2.50. The molecule has 2 fully saturated rings. The average Bonchev–Trinajstić information content (AvgIpc) is 2.57. The molecule has 1 saturated carbocycles. The smallest absolute Gasteiger partial charge is 0.0900 e. The fourth-order valence-corrected chi connectivity index (χ4v) is 4.88. The monoisotopic (exact) mass is 337 g/mol. The number of likely N-dealkylation sites (tertiary alicyclic amines) is 1. The van der Waals surface area contributed by atoms with Gasteiger partial charge in [-0.15, -0.1) is 0 Å². The Hall–Kier alpha value is -0.420. The van der Waals surface area contributed by atoms with E-state index >= 15 is 0 Å². The predicted octanol–water partition coefficient (Wildman–Crippen LogP) is 2.71. The van der Waals surface area contributed by atoms with E-state index in [0.717, 1.165) is 32.2 Å². The van der Waals surface area contributed by atoms with Crippen molar-refractivity contribution >= 4 is 0 Å². The zero-order valence-electron chi connectivity index (χ0n) is 15.7. The number of hydrogen-bond acceptors (Lipinski definition) is 4. The van der Waals surface area contributed by atoms with Crippen LogP contribution < -0.4 is 0 Å². The molecular formula is C20H35NO3. The van der Waals surface area contributed by atoms with Gasteiger partial charge in [-0.25, -0.2) is 0 Å². The van der Waals surface area contributed by atoms with E-state index in [-0.39, 0.29) is 6.10 Å². The van der Waals surface area contributed by atoms with Crippen LogP contribution in [-0.2, 0) is 9.47 Å². The summed E-state index contributed by atoms with van der Waals surface area (Å²) in [4.78, 5) is 2.36. The van der Waals surface area contributed by atoms with Crippen molar-refractivity contribution in [2.45, 2.75) is 45.6 Å². The van der Waals surface area contributed by atoms with Gasteiger partial charge in [0.1, 0.15) is 0 Å². The molecule has 4 nitrogen and oxygen atoms in total. The first-order chi connectivity index (χ1) is 11.5. The van der Waals surface area contributed by atoms with Gasteiger partial charge >= 0.3 is 0 Å². The molecule has 138 valence electrons. The summed E-state index contributed by atoms with van der Waals surface area (Å²) in [5.74, 6) is 2.26. The van der Waals surface area contributed by atoms with E-state index in [1.807, 2.05) is 0 Å². The lowest BCUT2D eigenvalue weighted by atomic mass is 9.49. The van der Waals surface area contributed by atoms with Crippen LogP contribution in [0.1, 0.15) is 39.5 Å². The van der Waals surface area contributed by atoms with E-state index < -0.39 is 0 Å². The Morgan fingerprint density at radius 3 is 2.71 bits per heavy atom. The molecule has 4 aliphatic rings. The highest BCUT2D eigenvalue weighted by Crippen LogP contribution is 2.59. The highest BCUT2D eigenvalue weighted by atomic mass is 16.5. The van der Waals surface area contributed by atoms with Gasteiger partial charge in [0.2, 0.25) is 0 Å². The average molecular weight is 338 g/mol. The van der Waals surface area contributed by atoms with E-state index in [1.165, 1.54) is 31.3 Å². The fourth-order valence-electron chi connectivity index (χ4n) is 4.88. The minimum absolute atomic E-state index is 0.379. The summed E-state index contributed by atoms with van der Waals surface area (Å²) in [7, 11) is 1.78. The third-order valence-electron chi connectivity index (χ3n) is 6.74. The molecule has 3 atom stereocenters. The summed E-state index contributed by atoms with van der Waals surface area (Å²) in [6.07, 6.45) is 6.90. The van der Waals surface area contributed by atoms with Crippen LogP contribution in [0.15, 0.2) is 11.6 Å². The molecule has 2 bridgehead atoms. The molecule has 1 N–H and O–H groups in total. The first-order valence-corrected chi connectivity index (χ1v) is 9.66. The summed E-state index contributed by atoms with van der Waals surface area (Å²) >= 11 is 0. The van der Waals surface area contributed by atoms with Crippen molar-refractivity contribution in [2.24, 2.45) is 23.2 Å². The predicted molar refractivity (Wildman–Crippen MR) is 95.9 cm³/mol. The Bertz CT molecular complexity index is 440. The second kappa shape index (κ2) is 7.86. The molecule has 0 aromatic rings. The Balaban J connectivity index is 1.32. The molecule has 0 radical (unpaired) electrons. The largest absolute Gasteiger partial charge is 0.389 e. The lowest BCUT2D eigenvalue weighted by molar-refractivity contribution is -0.0274. The van der Waals surface area contributed by atoms with Crippen LogP contribution >= 0.6 is 0 Å². The summed E-state index contributed by atoms with van der Waals surface area (Å²) in [6, 6.07) is 0.